The van der Waals surface area contributed by atoms with E-state index in [0.717, 1.165) is 37.2 Å². The average Bonchev–Trinajstić information content (AvgIpc) is 3.15. The van der Waals surface area contributed by atoms with Crippen molar-refractivity contribution in [1.82, 2.24) is 24.2 Å². The standard InChI is InChI=1S/C19H26N6O3S/c1-13-12-29-18(20-13)21-17(27)14-6-9-23(10-7-14)16(26)11-25-19(28)24-8-4-2-3-5-15(24)22-25/h12,14H,2-11H2,1H3,(H,20,21,27). The van der Waals surface area contributed by atoms with E-state index < -0.39 is 0 Å². The summed E-state index contributed by atoms with van der Waals surface area (Å²) < 4.78 is 3.00. The monoisotopic (exact) mass is 418 g/mol. The van der Waals surface area contributed by atoms with Crippen LogP contribution < -0.4 is 11.0 Å². The van der Waals surface area contributed by atoms with Gasteiger partial charge in [-0.3, -0.25) is 14.2 Å². The molecule has 29 heavy (non-hydrogen) atoms. The largest absolute Gasteiger partial charge is 0.346 e. The Balaban J connectivity index is 1.31. The molecule has 1 N–H and O–H groups in total. The highest BCUT2D eigenvalue weighted by molar-refractivity contribution is 7.13. The van der Waals surface area contributed by atoms with Crippen molar-refractivity contribution in [3.8, 4) is 0 Å². The number of thiazole rings is 1. The second-order valence-electron chi connectivity index (χ2n) is 7.76. The van der Waals surface area contributed by atoms with E-state index in [1.54, 1.807) is 9.47 Å². The summed E-state index contributed by atoms with van der Waals surface area (Å²) in [5.74, 6) is 0.498. The van der Waals surface area contributed by atoms with E-state index in [4.69, 9.17) is 0 Å². The van der Waals surface area contributed by atoms with E-state index >= 15 is 0 Å². The van der Waals surface area contributed by atoms with Crippen molar-refractivity contribution in [3.63, 3.8) is 0 Å². The van der Waals surface area contributed by atoms with Gasteiger partial charge in [0.25, 0.3) is 0 Å². The Hall–Kier alpha value is -2.49. The molecule has 156 valence electrons. The second-order valence-corrected chi connectivity index (χ2v) is 8.62. The average molecular weight is 419 g/mol. The van der Waals surface area contributed by atoms with Crippen LogP contribution in [0.25, 0.3) is 0 Å². The lowest BCUT2D eigenvalue weighted by Gasteiger charge is -2.31. The van der Waals surface area contributed by atoms with Crippen molar-refractivity contribution in [2.75, 3.05) is 18.4 Å². The SMILES string of the molecule is Cc1csc(NC(=O)C2CCN(C(=O)Cn3nc4n(c3=O)CCCCC4)CC2)n1. The lowest BCUT2D eigenvalue weighted by molar-refractivity contribution is -0.135. The van der Waals surface area contributed by atoms with Crippen LogP contribution >= 0.6 is 11.3 Å². The predicted molar refractivity (Wildman–Crippen MR) is 109 cm³/mol. The molecule has 10 heteroatoms. The molecule has 2 aromatic heterocycles. The molecule has 4 heterocycles. The molecule has 0 saturated carbocycles. The quantitative estimate of drug-likeness (QED) is 0.809. The van der Waals surface area contributed by atoms with Crippen LogP contribution in [0.5, 0.6) is 0 Å². The molecule has 0 unspecified atom stereocenters. The van der Waals surface area contributed by atoms with Gasteiger partial charge in [0.2, 0.25) is 11.8 Å². The molecule has 0 aromatic carbocycles. The Morgan fingerprint density at radius 1 is 1.21 bits per heavy atom. The summed E-state index contributed by atoms with van der Waals surface area (Å²) in [7, 11) is 0. The number of fused-ring (bicyclic) bond motifs is 1. The fourth-order valence-corrected chi connectivity index (χ4v) is 4.66. The van der Waals surface area contributed by atoms with Crippen LogP contribution in [0.2, 0.25) is 0 Å². The molecule has 2 amide bonds. The first kappa shape index (κ1) is 19.8. The molecule has 0 spiro atoms. The Bertz CT molecular complexity index is 954. The third kappa shape index (κ3) is 4.42. The van der Waals surface area contributed by atoms with E-state index in [1.807, 2.05) is 12.3 Å². The minimum atomic E-state index is -0.191. The van der Waals surface area contributed by atoms with Gasteiger partial charge in [0.15, 0.2) is 5.13 Å². The van der Waals surface area contributed by atoms with E-state index in [-0.39, 0.29) is 30.0 Å². The normalized spacial score (nSPS) is 17.6. The number of piperidine rings is 1. The molecule has 2 aliphatic heterocycles. The number of likely N-dealkylation sites (tertiary alicyclic amines) is 1. The highest BCUT2D eigenvalue weighted by atomic mass is 32.1. The van der Waals surface area contributed by atoms with E-state index in [0.29, 0.717) is 37.6 Å². The Morgan fingerprint density at radius 2 is 2.00 bits per heavy atom. The first-order chi connectivity index (χ1) is 14.0. The van der Waals surface area contributed by atoms with Crippen LogP contribution in [-0.4, -0.2) is 49.1 Å². The van der Waals surface area contributed by atoms with Gasteiger partial charge in [0.05, 0.1) is 5.69 Å². The van der Waals surface area contributed by atoms with Crippen LogP contribution in [0.4, 0.5) is 5.13 Å². The molecule has 0 bridgehead atoms. The zero-order valence-corrected chi connectivity index (χ0v) is 17.4. The van der Waals surface area contributed by atoms with Gasteiger partial charge >= 0.3 is 5.69 Å². The van der Waals surface area contributed by atoms with Gasteiger partial charge in [-0.15, -0.1) is 11.3 Å². The maximum absolute atomic E-state index is 12.7. The summed E-state index contributed by atoms with van der Waals surface area (Å²) in [4.78, 5) is 43.6. The fraction of sp³-hybridized carbons (Fsp3) is 0.632. The van der Waals surface area contributed by atoms with Gasteiger partial charge in [0, 0.05) is 37.4 Å². The third-order valence-corrected chi connectivity index (χ3v) is 6.51. The summed E-state index contributed by atoms with van der Waals surface area (Å²) >= 11 is 1.41. The fourth-order valence-electron chi connectivity index (χ4n) is 3.97. The van der Waals surface area contributed by atoms with E-state index in [9.17, 15) is 14.4 Å². The minimum Gasteiger partial charge on any atom is -0.341 e. The van der Waals surface area contributed by atoms with Crippen molar-refractivity contribution < 1.29 is 9.59 Å². The maximum atomic E-state index is 12.7. The lowest BCUT2D eigenvalue weighted by atomic mass is 9.96. The molecule has 2 aliphatic rings. The van der Waals surface area contributed by atoms with Crippen molar-refractivity contribution in [1.29, 1.82) is 0 Å². The summed E-state index contributed by atoms with van der Waals surface area (Å²) in [6.45, 7) is 3.56. The number of carbonyl (C=O) groups excluding carboxylic acids is 2. The van der Waals surface area contributed by atoms with Gasteiger partial charge in [0.1, 0.15) is 12.4 Å². The van der Waals surface area contributed by atoms with Crippen LogP contribution in [0.3, 0.4) is 0 Å². The first-order valence-electron chi connectivity index (χ1n) is 10.2. The second kappa shape index (κ2) is 8.48. The summed E-state index contributed by atoms with van der Waals surface area (Å²) in [5, 5.41) is 9.76. The number of carbonyl (C=O) groups is 2. The molecule has 0 atom stereocenters. The smallest absolute Gasteiger partial charge is 0.341 e. The molecular weight excluding hydrogens is 392 g/mol. The third-order valence-electron chi connectivity index (χ3n) is 5.63. The number of aryl methyl sites for hydroxylation is 2. The summed E-state index contributed by atoms with van der Waals surface area (Å²) in [5.41, 5.74) is 0.695. The predicted octanol–water partition coefficient (Wildman–Crippen LogP) is 1.41. The number of rotatable bonds is 4. The molecular formula is C19H26N6O3S. The number of hydrogen-bond acceptors (Lipinski definition) is 6. The molecule has 1 fully saturated rings. The zero-order valence-electron chi connectivity index (χ0n) is 16.6. The lowest BCUT2D eigenvalue weighted by Crippen LogP contribution is -2.44. The number of aromatic nitrogens is 4. The summed E-state index contributed by atoms with van der Waals surface area (Å²) in [6.07, 6.45) is 5.11. The Morgan fingerprint density at radius 3 is 2.72 bits per heavy atom. The van der Waals surface area contributed by atoms with Gasteiger partial charge in [-0.25, -0.2) is 14.5 Å². The molecule has 0 aliphatic carbocycles. The van der Waals surface area contributed by atoms with Crippen LogP contribution in [0, 0.1) is 12.8 Å². The van der Waals surface area contributed by atoms with Gasteiger partial charge in [-0.2, -0.15) is 5.10 Å². The summed E-state index contributed by atoms with van der Waals surface area (Å²) in [6, 6.07) is 0. The molecule has 9 nitrogen and oxygen atoms in total. The van der Waals surface area contributed by atoms with Crippen LogP contribution in [-0.2, 0) is 29.1 Å². The highest BCUT2D eigenvalue weighted by Crippen LogP contribution is 2.21. The Kier molecular flexibility index (Phi) is 5.79. The van der Waals surface area contributed by atoms with Gasteiger partial charge in [-0.05, 0) is 32.6 Å². The van der Waals surface area contributed by atoms with Gasteiger partial charge in [-0.1, -0.05) is 6.42 Å². The van der Waals surface area contributed by atoms with E-state index in [1.165, 1.54) is 16.0 Å². The van der Waals surface area contributed by atoms with Crippen molar-refractivity contribution in [3.05, 3.63) is 27.4 Å². The van der Waals surface area contributed by atoms with Crippen LogP contribution in [0.1, 0.15) is 43.6 Å². The first-order valence-corrected chi connectivity index (χ1v) is 11.1. The maximum Gasteiger partial charge on any atom is 0.346 e. The highest BCUT2D eigenvalue weighted by Gasteiger charge is 2.28. The van der Waals surface area contributed by atoms with Crippen LogP contribution in [0.15, 0.2) is 10.2 Å². The number of amides is 2. The zero-order chi connectivity index (χ0) is 20.4. The molecule has 0 radical (unpaired) electrons. The number of nitrogens with zero attached hydrogens (tertiary/aromatic N) is 5. The topological polar surface area (TPSA) is 102 Å². The Labute approximate surface area is 172 Å². The minimum absolute atomic E-state index is 0.0336. The molecule has 2 aromatic rings. The van der Waals surface area contributed by atoms with E-state index in [2.05, 4.69) is 15.4 Å². The number of hydrogen-bond donors (Lipinski definition) is 1. The molecule has 4 rings (SSSR count). The number of anilines is 1. The van der Waals surface area contributed by atoms with Crippen molar-refractivity contribution in [2.45, 2.75) is 58.5 Å². The molecule has 1 saturated heterocycles. The number of nitrogens with one attached hydrogen (secondary N) is 1. The van der Waals surface area contributed by atoms with Crippen molar-refractivity contribution in [2.24, 2.45) is 5.92 Å². The van der Waals surface area contributed by atoms with Crippen molar-refractivity contribution >= 4 is 28.3 Å². The van der Waals surface area contributed by atoms with Gasteiger partial charge < -0.3 is 10.2 Å².